The van der Waals surface area contributed by atoms with Crippen molar-refractivity contribution in [3.63, 3.8) is 0 Å². The van der Waals surface area contributed by atoms with E-state index in [1.54, 1.807) is 12.1 Å². The standard InChI is InChI=1S/C27H25BrO5/c1-19(29)16-23(22-14-8-9-15-24(22)28)25(26(30)32-17-20-10-4-2-5-11-20)27(31)33-18-21-12-6-3-7-13-21/h2-15,23,25H,16-18H2,1H3/t23-/m0/s1. The molecule has 0 amide bonds. The summed E-state index contributed by atoms with van der Waals surface area (Å²) in [6.07, 6.45) is -0.00580. The second-order valence-corrected chi connectivity index (χ2v) is 8.55. The van der Waals surface area contributed by atoms with Crippen LogP contribution < -0.4 is 0 Å². The fourth-order valence-corrected chi connectivity index (χ4v) is 4.13. The number of ether oxygens (including phenoxy) is 2. The van der Waals surface area contributed by atoms with Crippen molar-refractivity contribution in [3.05, 3.63) is 106 Å². The Kier molecular flexibility index (Phi) is 8.95. The second-order valence-electron chi connectivity index (χ2n) is 7.70. The zero-order valence-electron chi connectivity index (χ0n) is 18.3. The van der Waals surface area contributed by atoms with Crippen LogP contribution in [0.2, 0.25) is 0 Å². The van der Waals surface area contributed by atoms with Crippen molar-refractivity contribution in [1.29, 1.82) is 0 Å². The first-order chi connectivity index (χ1) is 16.0. The first kappa shape index (κ1) is 24.4. The summed E-state index contributed by atoms with van der Waals surface area (Å²) in [4.78, 5) is 38.6. The van der Waals surface area contributed by atoms with E-state index < -0.39 is 23.8 Å². The molecule has 1 atom stereocenters. The maximum absolute atomic E-state index is 13.2. The SMILES string of the molecule is CC(=O)C[C@@H](c1ccccc1Br)C(C(=O)OCc1ccccc1)C(=O)OCc1ccccc1. The number of Topliss-reactive ketones (excluding diaryl/α,β-unsaturated/α-hetero) is 1. The minimum absolute atomic E-state index is 0.00580. The Hall–Kier alpha value is -3.25. The van der Waals surface area contributed by atoms with Gasteiger partial charge in [-0.2, -0.15) is 0 Å². The molecule has 3 rings (SSSR count). The van der Waals surface area contributed by atoms with Crippen molar-refractivity contribution in [3.8, 4) is 0 Å². The first-order valence-corrected chi connectivity index (χ1v) is 11.4. The van der Waals surface area contributed by atoms with Gasteiger partial charge < -0.3 is 14.3 Å². The van der Waals surface area contributed by atoms with Gasteiger partial charge >= 0.3 is 11.9 Å². The Morgan fingerprint density at radius 1 is 0.727 bits per heavy atom. The Morgan fingerprint density at radius 2 is 1.18 bits per heavy atom. The van der Waals surface area contributed by atoms with Gasteiger partial charge in [-0.1, -0.05) is 94.8 Å². The van der Waals surface area contributed by atoms with E-state index in [2.05, 4.69) is 15.9 Å². The highest BCUT2D eigenvalue weighted by Gasteiger charge is 2.40. The smallest absolute Gasteiger partial charge is 0.321 e. The molecule has 0 heterocycles. The number of rotatable bonds is 10. The first-order valence-electron chi connectivity index (χ1n) is 10.6. The van der Waals surface area contributed by atoms with Crippen LogP contribution in [0.5, 0.6) is 0 Å². The topological polar surface area (TPSA) is 69.7 Å². The molecular formula is C27H25BrO5. The van der Waals surface area contributed by atoms with Crippen LogP contribution in [0.15, 0.2) is 89.4 Å². The monoisotopic (exact) mass is 508 g/mol. The molecule has 3 aromatic carbocycles. The van der Waals surface area contributed by atoms with Crippen LogP contribution in [-0.2, 0) is 37.1 Å². The Balaban J connectivity index is 1.88. The second kappa shape index (κ2) is 12.1. The summed E-state index contributed by atoms with van der Waals surface area (Å²) in [5.41, 5.74) is 2.27. The highest BCUT2D eigenvalue weighted by molar-refractivity contribution is 9.10. The summed E-state index contributed by atoms with van der Waals surface area (Å²) < 4.78 is 11.7. The average Bonchev–Trinajstić information content (AvgIpc) is 2.82. The molecule has 0 aliphatic rings. The lowest BCUT2D eigenvalue weighted by molar-refractivity contribution is -0.165. The summed E-state index contributed by atoms with van der Waals surface area (Å²) in [7, 11) is 0. The normalized spacial score (nSPS) is 11.6. The van der Waals surface area contributed by atoms with Gasteiger partial charge in [0.15, 0.2) is 5.92 Å². The molecule has 0 bridgehead atoms. The summed E-state index contributed by atoms with van der Waals surface area (Å²) in [6.45, 7) is 1.47. The van der Waals surface area contributed by atoms with Gasteiger partial charge in [-0.05, 0) is 29.7 Å². The number of benzene rings is 3. The lowest BCUT2D eigenvalue weighted by Gasteiger charge is -2.25. The minimum Gasteiger partial charge on any atom is -0.460 e. The van der Waals surface area contributed by atoms with Crippen molar-refractivity contribution in [2.24, 2.45) is 5.92 Å². The van der Waals surface area contributed by atoms with Crippen LogP contribution in [0.25, 0.3) is 0 Å². The van der Waals surface area contributed by atoms with Gasteiger partial charge in [0, 0.05) is 16.8 Å². The molecule has 0 aromatic heterocycles. The molecule has 0 spiro atoms. The van der Waals surface area contributed by atoms with Gasteiger partial charge in [-0.25, -0.2) is 0 Å². The molecule has 3 aromatic rings. The summed E-state index contributed by atoms with van der Waals surface area (Å²) in [5.74, 6) is -3.62. The number of hydrogen-bond acceptors (Lipinski definition) is 5. The largest absolute Gasteiger partial charge is 0.460 e. The molecule has 33 heavy (non-hydrogen) atoms. The highest BCUT2D eigenvalue weighted by Crippen LogP contribution is 2.35. The van der Waals surface area contributed by atoms with Gasteiger partial charge in [-0.15, -0.1) is 0 Å². The molecule has 170 valence electrons. The minimum atomic E-state index is -1.29. The van der Waals surface area contributed by atoms with Gasteiger partial charge in [0.25, 0.3) is 0 Å². The van der Waals surface area contributed by atoms with Gasteiger partial charge in [0.2, 0.25) is 0 Å². The van der Waals surface area contributed by atoms with Crippen molar-refractivity contribution in [2.75, 3.05) is 0 Å². The van der Waals surface area contributed by atoms with Crippen molar-refractivity contribution < 1.29 is 23.9 Å². The van der Waals surface area contributed by atoms with E-state index in [4.69, 9.17) is 9.47 Å². The van der Waals surface area contributed by atoms with Gasteiger partial charge in [-0.3, -0.25) is 9.59 Å². The van der Waals surface area contributed by atoms with Crippen molar-refractivity contribution in [2.45, 2.75) is 32.5 Å². The third-order valence-electron chi connectivity index (χ3n) is 5.17. The van der Waals surface area contributed by atoms with E-state index in [0.717, 1.165) is 11.1 Å². The number of hydrogen-bond donors (Lipinski definition) is 0. The highest BCUT2D eigenvalue weighted by atomic mass is 79.9. The average molecular weight is 509 g/mol. The fraction of sp³-hybridized carbons (Fsp3) is 0.222. The summed E-state index contributed by atoms with van der Waals surface area (Å²) >= 11 is 3.49. The molecular weight excluding hydrogens is 484 g/mol. The van der Waals surface area contributed by atoms with E-state index in [9.17, 15) is 14.4 Å². The van der Waals surface area contributed by atoms with Crippen LogP contribution in [0.1, 0.15) is 36.0 Å². The Morgan fingerprint density at radius 3 is 1.64 bits per heavy atom. The molecule has 6 heteroatoms. The molecule has 0 radical (unpaired) electrons. The quantitative estimate of drug-likeness (QED) is 0.262. The van der Waals surface area contributed by atoms with E-state index in [1.807, 2.05) is 72.8 Å². The molecule has 0 unspecified atom stereocenters. The molecule has 0 fully saturated rings. The lowest BCUT2D eigenvalue weighted by atomic mass is 9.82. The number of esters is 2. The summed E-state index contributed by atoms with van der Waals surface area (Å²) in [6, 6.07) is 25.6. The molecule has 0 aliphatic carbocycles. The molecule has 5 nitrogen and oxygen atoms in total. The van der Waals surface area contributed by atoms with E-state index >= 15 is 0 Å². The zero-order valence-corrected chi connectivity index (χ0v) is 19.9. The number of carbonyl (C=O) groups excluding carboxylic acids is 3. The third-order valence-corrected chi connectivity index (χ3v) is 5.89. The zero-order chi connectivity index (χ0) is 23.6. The Bertz CT molecular complexity index is 1030. The lowest BCUT2D eigenvalue weighted by Crippen LogP contribution is -2.34. The van der Waals surface area contributed by atoms with Crippen molar-refractivity contribution >= 4 is 33.7 Å². The van der Waals surface area contributed by atoms with E-state index in [1.165, 1.54) is 6.92 Å². The summed E-state index contributed by atoms with van der Waals surface area (Å²) in [5, 5.41) is 0. The predicted molar refractivity (Wildman–Crippen MR) is 128 cm³/mol. The number of ketones is 1. The van der Waals surface area contributed by atoms with Gasteiger partial charge in [0.1, 0.15) is 19.0 Å². The third kappa shape index (κ3) is 7.12. The van der Waals surface area contributed by atoms with Crippen LogP contribution in [0.4, 0.5) is 0 Å². The fourth-order valence-electron chi connectivity index (χ4n) is 3.55. The van der Waals surface area contributed by atoms with Crippen LogP contribution in [0.3, 0.4) is 0 Å². The predicted octanol–water partition coefficient (Wildman–Crippen LogP) is 5.61. The maximum Gasteiger partial charge on any atom is 0.321 e. The Labute approximate surface area is 201 Å². The van der Waals surface area contributed by atoms with E-state index in [-0.39, 0.29) is 25.4 Å². The van der Waals surface area contributed by atoms with Crippen LogP contribution >= 0.6 is 15.9 Å². The van der Waals surface area contributed by atoms with Crippen LogP contribution in [-0.4, -0.2) is 17.7 Å². The van der Waals surface area contributed by atoms with E-state index in [0.29, 0.717) is 10.0 Å². The van der Waals surface area contributed by atoms with Crippen molar-refractivity contribution in [1.82, 2.24) is 0 Å². The number of halogens is 1. The molecule has 0 aliphatic heterocycles. The number of carbonyl (C=O) groups is 3. The molecule has 0 saturated carbocycles. The maximum atomic E-state index is 13.2. The van der Waals surface area contributed by atoms with Gasteiger partial charge in [0.05, 0.1) is 0 Å². The molecule has 0 N–H and O–H groups in total. The van der Waals surface area contributed by atoms with Crippen LogP contribution in [0, 0.1) is 5.92 Å². The molecule has 0 saturated heterocycles.